The first-order valence-corrected chi connectivity index (χ1v) is 8.16. The van der Waals surface area contributed by atoms with Crippen molar-refractivity contribution in [2.24, 2.45) is 0 Å². The van der Waals surface area contributed by atoms with Crippen LogP contribution in [0.1, 0.15) is 39.8 Å². The van der Waals surface area contributed by atoms with Crippen molar-refractivity contribution in [3.8, 4) is 0 Å². The van der Waals surface area contributed by atoms with E-state index in [1.807, 2.05) is 6.92 Å². The zero-order valence-corrected chi connectivity index (χ0v) is 14.2. The van der Waals surface area contributed by atoms with Gasteiger partial charge >= 0.3 is 5.97 Å². The van der Waals surface area contributed by atoms with Crippen LogP contribution in [-0.4, -0.2) is 35.3 Å². The van der Waals surface area contributed by atoms with Gasteiger partial charge in [0.25, 0.3) is 11.5 Å². The lowest BCUT2D eigenvalue weighted by Crippen LogP contribution is -2.32. The predicted molar refractivity (Wildman–Crippen MR) is 92.0 cm³/mol. The Kier molecular flexibility index (Phi) is 4.65. The summed E-state index contributed by atoms with van der Waals surface area (Å²) in [6, 6.07) is 7.96. The van der Waals surface area contributed by atoms with Crippen molar-refractivity contribution in [2.45, 2.75) is 26.3 Å². The van der Waals surface area contributed by atoms with Gasteiger partial charge in [-0.25, -0.2) is 9.48 Å². The third-order valence-electron chi connectivity index (χ3n) is 4.16. The Hall–Kier alpha value is -2.96. The maximum absolute atomic E-state index is 12.8. The molecule has 0 saturated carbocycles. The van der Waals surface area contributed by atoms with Gasteiger partial charge in [-0.2, -0.15) is 5.10 Å². The van der Waals surface area contributed by atoms with Crippen molar-refractivity contribution in [1.82, 2.24) is 9.78 Å². The van der Waals surface area contributed by atoms with Gasteiger partial charge in [-0.3, -0.25) is 9.59 Å². The number of methoxy groups -OCH3 is 1. The Morgan fingerprint density at radius 2 is 2.04 bits per heavy atom. The van der Waals surface area contributed by atoms with Gasteiger partial charge in [0, 0.05) is 24.8 Å². The first kappa shape index (κ1) is 16.9. The number of amides is 1. The van der Waals surface area contributed by atoms with Crippen molar-refractivity contribution in [2.75, 3.05) is 18.6 Å². The number of aromatic nitrogens is 2. The minimum absolute atomic E-state index is 0.219. The van der Waals surface area contributed by atoms with Gasteiger partial charge in [0.2, 0.25) is 0 Å². The molecular weight excluding hydrogens is 322 g/mol. The van der Waals surface area contributed by atoms with E-state index in [9.17, 15) is 14.4 Å². The highest BCUT2D eigenvalue weighted by Crippen LogP contribution is 2.30. The van der Waals surface area contributed by atoms with Gasteiger partial charge in [-0.15, -0.1) is 0 Å². The van der Waals surface area contributed by atoms with E-state index >= 15 is 0 Å². The topological polar surface area (TPSA) is 81.5 Å². The molecule has 0 fully saturated rings. The minimum Gasteiger partial charge on any atom is -0.465 e. The Morgan fingerprint density at radius 1 is 1.24 bits per heavy atom. The molecule has 130 valence electrons. The summed E-state index contributed by atoms with van der Waals surface area (Å²) < 4.78 is 6.04. The summed E-state index contributed by atoms with van der Waals surface area (Å²) in [6.07, 6.45) is 1.41. The van der Waals surface area contributed by atoms with E-state index in [1.165, 1.54) is 23.9 Å². The zero-order valence-electron chi connectivity index (χ0n) is 14.2. The van der Waals surface area contributed by atoms with Gasteiger partial charge < -0.3 is 9.64 Å². The highest BCUT2D eigenvalue weighted by Gasteiger charge is 2.27. The second-order valence-corrected chi connectivity index (χ2v) is 5.82. The summed E-state index contributed by atoms with van der Waals surface area (Å²) in [6.45, 7) is 2.92. The third kappa shape index (κ3) is 3.17. The Bertz CT molecular complexity index is 888. The number of esters is 1. The average molecular weight is 341 g/mol. The summed E-state index contributed by atoms with van der Waals surface area (Å²) in [7, 11) is 1.34. The van der Waals surface area contributed by atoms with Crippen molar-refractivity contribution < 1.29 is 14.3 Å². The fraction of sp³-hybridized carbons (Fsp3) is 0.333. The van der Waals surface area contributed by atoms with Crippen LogP contribution >= 0.6 is 0 Å². The molecule has 0 saturated heterocycles. The van der Waals surface area contributed by atoms with E-state index in [0.717, 1.165) is 17.7 Å². The van der Waals surface area contributed by atoms with Crippen molar-refractivity contribution in [3.05, 3.63) is 57.5 Å². The second-order valence-electron chi connectivity index (χ2n) is 5.82. The van der Waals surface area contributed by atoms with Crippen LogP contribution in [0.2, 0.25) is 0 Å². The van der Waals surface area contributed by atoms with E-state index in [-0.39, 0.29) is 17.2 Å². The predicted octanol–water partition coefficient (Wildman–Crippen LogP) is 1.64. The molecule has 7 heteroatoms. The minimum atomic E-state index is -0.402. The van der Waals surface area contributed by atoms with E-state index in [4.69, 9.17) is 4.74 Å². The van der Waals surface area contributed by atoms with Crippen LogP contribution in [0.5, 0.6) is 0 Å². The summed E-state index contributed by atoms with van der Waals surface area (Å²) in [5, 5.41) is 4.18. The SMILES string of the molecule is CCCn1nc(C(=O)N2CCc3cc(C(=O)OC)ccc32)ccc1=O. The molecule has 0 bridgehead atoms. The molecule has 0 aliphatic carbocycles. The molecule has 2 aromatic rings. The number of ether oxygens (including phenoxy) is 1. The molecule has 0 unspecified atom stereocenters. The molecule has 1 aliphatic rings. The monoisotopic (exact) mass is 341 g/mol. The normalized spacial score (nSPS) is 12.8. The highest BCUT2D eigenvalue weighted by atomic mass is 16.5. The summed E-state index contributed by atoms with van der Waals surface area (Å²) in [4.78, 5) is 37.8. The summed E-state index contributed by atoms with van der Waals surface area (Å²) >= 11 is 0. The Balaban J connectivity index is 1.90. The van der Waals surface area contributed by atoms with Crippen LogP contribution in [0.4, 0.5) is 5.69 Å². The smallest absolute Gasteiger partial charge is 0.337 e. The van der Waals surface area contributed by atoms with Gasteiger partial charge in [-0.1, -0.05) is 6.92 Å². The number of nitrogens with zero attached hydrogens (tertiary/aromatic N) is 3. The van der Waals surface area contributed by atoms with Crippen LogP contribution in [0, 0.1) is 0 Å². The number of carbonyl (C=O) groups excluding carboxylic acids is 2. The maximum Gasteiger partial charge on any atom is 0.337 e. The number of carbonyl (C=O) groups is 2. The molecule has 0 spiro atoms. The van der Waals surface area contributed by atoms with Crippen molar-refractivity contribution in [3.63, 3.8) is 0 Å². The number of aryl methyl sites for hydroxylation is 1. The van der Waals surface area contributed by atoms with E-state index in [0.29, 0.717) is 25.1 Å². The van der Waals surface area contributed by atoms with Gasteiger partial charge in [0.05, 0.1) is 12.7 Å². The van der Waals surface area contributed by atoms with Crippen LogP contribution in [0.15, 0.2) is 35.1 Å². The third-order valence-corrected chi connectivity index (χ3v) is 4.16. The molecule has 2 heterocycles. The van der Waals surface area contributed by atoms with Gasteiger partial charge in [0.15, 0.2) is 0 Å². The first-order valence-electron chi connectivity index (χ1n) is 8.16. The number of hydrogen-bond acceptors (Lipinski definition) is 5. The van der Waals surface area contributed by atoms with Crippen molar-refractivity contribution >= 4 is 17.6 Å². The average Bonchev–Trinajstić information content (AvgIpc) is 3.05. The quantitative estimate of drug-likeness (QED) is 0.790. The number of anilines is 1. The van der Waals surface area contributed by atoms with Gasteiger partial charge in [0.1, 0.15) is 5.69 Å². The molecule has 7 nitrogen and oxygen atoms in total. The molecule has 0 atom stereocenters. The van der Waals surface area contributed by atoms with Crippen LogP contribution in [0.3, 0.4) is 0 Å². The van der Waals surface area contributed by atoms with Crippen molar-refractivity contribution in [1.29, 1.82) is 0 Å². The Morgan fingerprint density at radius 3 is 2.76 bits per heavy atom. The van der Waals surface area contributed by atoms with Gasteiger partial charge in [-0.05, 0) is 42.7 Å². The molecule has 1 aromatic heterocycles. The van der Waals surface area contributed by atoms with Crippen LogP contribution < -0.4 is 10.5 Å². The van der Waals surface area contributed by atoms with E-state index in [2.05, 4.69) is 5.10 Å². The second kappa shape index (κ2) is 6.88. The lowest BCUT2D eigenvalue weighted by atomic mass is 10.1. The van der Waals surface area contributed by atoms with E-state index in [1.54, 1.807) is 23.1 Å². The molecule has 1 amide bonds. The summed E-state index contributed by atoms with van der Waals surface area (Å²) in [5.41, 5.74) is 2.15. The molecule has 0 N–H and O–H groups in total. The standard InChI is InChI=1S/C18H19N3O4/c1-3-9-21-16(22)7-5-14(19-21)17(23)20-10-8-12-11-13(18(24)25-2)4-6-15(12)20/h4-7,11H,3,8-10H2,1-2H3. The zero-order chi connectivity index (χ0) is 18.0. The number of benzene rings is 1. The molecule has 3 rings (SSSR count). The van der Waals surface area contributed by atoms with Crippen LogP contribution in [0.25, 0.3) is 0 Å². The Labute approximate surface area is 144 Å². The molecule has 1 aromatic carbocycles. The highest BCUT2D eigenvalue weighted by molar-refractivity contribution is 6.06. The lowest BCUT2D eigenvalue weighted by molar-refractivity contribution is 0.0600. The maximum atomic E-state index is 12.8. The van der Waals surface area contributed by atoms with E-state index < -0.39 is 5.97 Å². The molecule has 0 radical (unpaired) electrons. The first-order chi connectivity index (χ1) is 12.0. The lowest BCUT2D eigenvalue weighted by Gasteiger charge is -2.17. The number of fused-ring (bicyclic) bond motifs is 1. The number of hydrogen-bond donors (Lipinski definition) is 0. The molecule has 25 heavy (non-hydrogen) atoms. The number of rotatable bonds is 4. The molecular formula is C18H19N3O4. The summed E-state index contributed by atoms with van der Waals surface area (Å²) in [5.74, 6) is -0.657. The fourth-order valence-corrected chi connectivity index (χ4v) is 2.93. The largest absolute Gasteiger partial charge is 0.465 e. The fourth-order valence-electron chi connectivity index (χ4n) is 2.93. The van der Waals surface area contributed by atoms with Crippen LogP contribution in [-0.2, 0) is 17.7 Å². The molecule has 1 aliphatic heterocycles.